The largest absolute Gasteiger partial charge is 0.409 e. The lowest BCUT2D eigenvalue weighted by Crippen LogP contribution is -2.15. The third kappa shape index (κ3) is 3.09. The predicted octanol–water partition coefficient (Wildman–Crippen LogP) is 1.85. The highest BCUT2D eigenvalue weighted by atomic mass is 32.2. The number of thioether (sulfide) groups is 1. The van der Waals surface area contributed by atoms with Crippen molar-refractivity contribution < 1.29 is 5.21 Å². The first-order valence-electron chi connectivity index (χ1n) is 5.73. The maximum absolute atomic E-state index is 8.70. The number of nitrogens with zero attached hydrogens (tertiary/aromatic N) is 3. The molecular formula is C11H16N4OS. The van der Waals surface area contributed by atoms with Gasteiger partial charge in [-0.25, -0.2) is 0 Å². The van der Waals surface area contributed by atoms with Crippen LogP contribution in [0.1, 0.15) is 31.2 Å². The number of aromatic nitrogens is 2. The summed E-state index contributed by atoms with van der Waals surface area (Å²) in [6.45, 7) is 0. The summed E-state index contributed by atoms with van der Waals surface area (Å²) in [5, 5.41) is 20.3. The Kier molecular flexibility index (Phi) is 4.19. The van der Waals surface area contributed by atoms with Crippen LogP contribution in [0.25, 0.3) is 0 Å². The van der Waals surface area contributed by atoms with Crippen molar-refractivity contribution >= 4 is 17.6 Å². The molecule has 0 amide bonds. The molecule has 0 radical (unpaired) electrons. The minimum atomic E-state index is 0.0915. The Balaban J connectivity index is 2.04. The molecule has 0 unspecified atom stereocenters. The highest BCUT2D eigenvalue weighted by Crippen LogP contribution is 2.31. The number of amidine groups is 1. The third-order valence-electron chi connectivity index (χ3n) is 3.00. The summed E-state index contributed by atoms with van der Waals surface area (Å²) in [6, 6.07) is 1.72. The van der Waals surface area contributed by atoms with Gasteiger partial charge in [-0.2, -0.15) is 5.10 Å². The van der Waals surface area contributed by atoms with Gasteiger partial charge in [0.2, 0.25) is 0 Å². The van der Waals surface area contributed by atoms with Gasteiger partial charge in [-0.3, -0.25) is 0 Å². The molecule has 0 atom stereocenters. The first kappa shape index (κ1) is 12.2. The molecule has 1 aromatic heterocycles. The average molecular weight is 252 g/mol. The Labute approximate surface area is 104 Å². The minimum Gasteiger partial charge on any atom is -0.409 e. The van der Waals surface area contributed by atoms with Gasteiger partial charge in [0, 0.05) is 5.75 Å². The van der Waals surface area contributed by atoms with Crippen molar-refractivity contribution in [2.75, 3.05) is 5.75 Å². The van der Waals surface area contributed by atoms with Crippen LogP contribution in [0.15, 0.2) is 22.4 Å². The Morgan fingerprint density at radius 1 is 1.53 bits per heavy atom. The average Bonchev–Trinajstić information content (AvgIpc) is 2.89. The zero-order chi connectivity index (χ0) is 12.1. The lowest BCUT2D eigenvalue weighted by molar-refractivity contribution is 0.318. The second-order valence-corrected chi connectivity index (χ2v) is 5.21. The lowest BCUT2D eigenvalue weighted by Gasteiger charge is -2.09. The van der Waals surface area contributed by atoms with Crippen LogP contribution in [0, 0.1) is 5.92 Å². The fourth-order valence-corrected chi connectivity index (χ4v) is 3.21. The number of nitrogens with two attached hydrogens (primary N) is 1. The van der Waals surface area contributed by atoms with Crippen LogP contribution >= 0.6 is 11.8 Å². The minimum absolute atomic E-state index is 0.0915. The number of hydrogen-bond donors (Lipinski definition) is 2. The second-order valence-electron chi connectivity index (χ2n) is 4.20. The highest BCUT2D eigenvalue weighted by molar-refractivity contribution is 7.99. The van der Waals surface area contributed by atoms with Crippen molar-refractivity contribution in [2.45, 2.75) is 30.7 Å². The first-order valence-corrected chi connectivity index (χ1v) is 6.72. The molecule has 1 fully saturated rings. The van der Waals surface area contributed by atoms with Gasteiger partial charge < -0.3 is 10.9 Å². The molecule has 1 aliphatic carbocycles. The van der Waals surface area contributed by atoms with Crippen molar-refractivity contribution in [1.82, 2.24) is 10.2 Å². The van der Waals surface area contributed by atoms with Crippen LogP contribution in [0.4, 0.5) is 0 Å². The van der Waals surface area contributed by atoms with E-state index in [0.29, 0.717) is 5.56 Å². The van der Waals surface area contributed by atoms with Crippen molar-refractivity contribution in [2.24, 2.45) is 16.8 Å². The molecule has 0 spiro atoms. The van der Waals surface area contributed by atoms with E-state index in [1.807, 2.05) is 0 Å². The molecule has 6 heteroatoms. The molecule has 1 heterocycles. The predicted molar refractivity (Wildman–Crippen MR) is 67.2 cm³/mol. The molecule has 0 bridgehead atoms. The molecular weight excluding hydrogens is 236 g/mol. The molecule has 0 aliphatic heterocycles. The second kappa shape index (κ2) is 5.86. The molecule has 2 rings (SSSR count). The van der Waals surface area contributed by atoms with E-state index in [9.17, 15) is 0 Å². The van der Waals surface area contributed by atoms with Crippen LogP contribution in [0.5, 0.6) is 0 Å². The number of rotatable bonds is 4. The maximum atomic E-state index is 8.70. The standard InChI is InChI=1S/C11H16N4OS/c12-10(15-16)9-5-6-13-14-11(9)17-7-8-3-1-2-4-8/h5-6,8,16H,1-4,7H2,(H2,12,15). The summed E-state index contributed by atoms with van der Waals surface area (Å²) in [7, 11) is 0. The molecule has 1 aromatic rings. The fraction of sp³-hybridized carbons (Fsp3) is 0.545. The molecule has 92 valence electrons. The summed E-state index contributed by atoms with van der Waals surface area (Å²) in [5.74, 6) is 1.89. The van der Waals surface area contributed by atoms with Gasteiger partial charge in [0.15, 0.2) is 5.84 Å². The summed E-state index contributed by atoms with van der Waals surface area (Å²) in [5.41, 5.74) is 6.26. The van der Waals surface area contributed by atoms with E-state index in [2.05, 4.69) is 15.4 Å². The highest BCUT2D eigenvalue weighted by Gasteiger charge is 2.17. The van der Waals surface area contributed by atoms with E-state index >= 15 is 0 Å². The van der Waals surface area contributed by atoms with Gasteiger partial charge >= 0.3 is 0 Å². The van der Waals surface area contributed by atoms with Crippen LogP contribution in [-0.2, 0) is 0 Å². The van der Waals surface area contributed by atoms with Gasteiger partial charge in [-0.1, -0.05) is 18.0 Å². The first-order chi connectivity index (χ1) is 8.31. The SMILES string of the molecule is N/C(=N/O)c1ccnnc1SCC1CCCC1. The van der Waals surface area contributed by atoms with E-state index in [1.54, 1.807) is 24.0 Å². The van der Waals surface area contributed by atoms with Crippen molar-refractivity contribution in [3.8, 4) is 0 Å². The van der Waals surface area contributed by atoms with Gasteiger partial charge in [0.1, 0.15) is 5.03 Å². The van der Waals surface area contributed by atoms with E-state index in [0.717, 1.165) is 16.7 Å². The van der Waals surface area contributed by atoms with Crippen LogP contribution in [0.3, 0.4) is 0 Å². The maximum Gasteiger partial charge on any atom is 0.172 e. The topological polar surface area (TPSA) is 84.4 Å². The number of oxime groups is 1. The summed E-state index contributed by atoms with van der Waals surface area (Å²) >= 11 is 1.64. The molecule has 3 N–H and O–H groups in total. The Hall–Kier alpha value is -1.30. The summed E-state index contributed by atoms with van der Waals surface area (Å²) in [6.07, 6.45) is 6.81. The molecule has 1 aliphatic rings. The van der Waals surface area contributed by atoms with Crippen molar-refractivity contribution in [3.05, 3.63) is 17.8 Å². The molecule has 5 nitrogen and oxygen atoms in total. The van der Waals surface area contributed by atoms with Crippen LogP contribution < -0.4 is 5.73 Å². The zero-order valence-corrected chi connectivity index (χ0v) is 10.4. The quantitative estimate of drug-likeness (QED) is 0.281. The third-order valence-corrected chi connectivity index (χ3v) is 4.21. The van der Waals surface area contributed by atoms with E-state index < -0.39 is 0 Å². The van der Waals surface area contributed by atoms with Crippen LogP contribution in [-0.4, -0.2) is 27.0 Å². The van der Waals surface area contributed by atoms with Gasteiger partial charge in [-0.15, -0.1) is 16.9 Å². The normalized spacial score (nSPS) is 17.5. The molecule has 17 heavy (non-hydrogen) atoms. The lowest BCUT2D eigenvalue weighted by atomic mass is 10.1. The number of hydrogen-bond acceptors (Lipinski definition) is 5. The van der Waals surface area contributed by atoms with Gasteiger partial charge in [0.25, 0.3) is 0 Å². The Morgan fingerprint density at radius 2 is 2.29 bits per heavy atom. The van der Waals surface area contributed by atoms with Gasteiger partial charge in [0.05, 0.1) is 11.8 Å². The van der Waals surface area contributed by atoms with E-state index in [4.69, 9.17) is 10.9 Å². The van der Waals surface area contributed by atoms with Gasteiger partial charge in [-0.05, 0) is 24.8 Å². The van der Waals surface area contributed by atoms with Crippen molar-refractivity contribution in [3.63, 3.8) is 0 Å². The Bertz CT molecular complexity index is 404. The zero-order valence-electron chi connectivity index (χ0n) is 9.54. The fourth-order valence-electron chi connectivity index (χ4n) is 2.05. The smallest absolute Gasteiger partial charge is 0.172 e. The Morgan fingerprint density at radius 3 is 3.00 bits per heavy atom. The van der Waals surface area contributed by atoms with E-state index in [1.165, 1.54) is 25.7 Å². The van der Waals surface area contributed by atoms with E-state index in [-0.39, 0.29) is 5.84 Å². The van der Waals surface area contributed by atoms with Crippen molar-refractivity contribution in [1.29, 1.82) is 0 Å². The molecule has 0 aromatic carbocycles. The summed E-state index contributed by atoms with van der Waals surface area (Å²) in [4.78, 5) is 0. The van der Waals surface area contributed by atoms with Crippen LogP contribution in [0.2, 0.25) is 0 Å². The molecule has 1 saturated carbocycles. The summed E-state index contributed by atoms with van der Waals surface area (Å²) < 4.78 is 0. The monoisotopic (exact) mass is 252 g/mol. The molecule has 0 saturated heterocycles.